The van der Waals surface area contributed by atoms with Gasteiger partial charge in [-0.05, 0) is 49.1 Å². The second kappa shape index (κ2) is 8.95. The summed E-state index contributed by atoms with van der Waals surface area (Å²) in [5.41, 5.74) is 0.780. The number of nitrogens with zero attached hydrogens (tertiary/aromatic N) is 2. The number of rotatable bonds is 9. The highest BCUT2D eigenvalue weighted by Crippen LogP contribution is 2.33. The van der Waals surface area contributed by atoms with Gasteiger partial charge >= 0.3 is 0 Å². The van der Waals surface area contributed by atoms with Gasteiger partial charge in [0.1, 0.15) is 0 Å². The van der Waals surface area contributed by atoms with Crippen molar-refractivity contribution in [3.05, 3.63) is 35.2 Å². The molecule has 0 fully saturated rings. The van der Waals surface area contributed by atoms with Crippen molar-refractivity contribution in [3.8, 4) is 11.5 Å². The lowest BCUT2D eigenvalue weighted by atomic mass is 9.97. The molecule has 27 heavy (non-hydrogen) atoms. The minimum absolute atomic E-state index is 0.00798. The fourth-order valence-corrected chi connectivity index (χ4v) is 4.18. The third-order valence-corrected chi connectivity index (χ3v) is 5.61. The molecule has 0 saturated carbocycles. The zero-order valence-corrected chi connectivity index (χ0v) is 17.8. The van der Waals surface area contributed by atoms with E-state index in [0.717, 1.165) is 5.56 Å². The molecule has 1 heterocycles. The Morgan fingerprint density at radius 1 is 1.19 bits per heavy atom. The Bertz CT molecular complexity index is 861. The summed E-state index contributed by atoms with van der Waals surface area (Å²) in [6.07, 6.45) is 1.38. The summed E-state index contributed by atoms with van der Waals surface area (Å²) in [7, 11) is -2.20. The fraction of sp³-hybridized carbons (Fsp3) is 0.500. The maximum Gasteiger partial charge on any atom is 0.260 e. The van der Waals surface area contributed by atoms with Crippen LogP contribution in [0.15, 0.2) is 29.4 Å². The number of aromatic nitrogens is 2. The molecule has 0 radical (unpaired) electrons. The van der Waals surface area contributed by atoms with Crippen LogP contribution >= 0.6 is 11.6 Å². The third-order valence-electron chi connectivity index (χ3n) is 3.95. The number of ether oxygens (including phenoxy) is 2. The number of aryl methyl sites for hydroxylation is 1. The number of halogens is 1. The lowest BCUT2D eigenvalue weighted by molar-refractivity contribution is 0.287. The van der Waals surface area contributed by atoms with Crippen molar-refractivity contribution in [1.82, 2.24) is 14.3 Å². The first-order chi connectivity index (χ1) is 12.7. The molecular formula is C18H26ClN3O4S. The highest BCUT2D eigenvalue weighted by atomic mass is 35.5. The van der Waals surface area contributed by atoms with E-state index in [0.29, 0.717) is 24.7 Å². The molecule has 2 rings (SSSR count). The first kappa shape index (κ1) is 21.5. The predicted molar refractivity (Wildman–Crippen MR) is 105 cm³/mol. The van der Waals surface area contributed by atoms with Gasteiger partial charge in [-0.2, -0.15) is 0 Å². The number of benzene rings is 1. The molecule has 0 spiro atoms. The second-order valence-corrected chi connectivity index (χ2v) is 8.37. The Balaban J connectivity index is 2.38. The molecule has 1 aromatic carbocycles. The molecule has 0 aliphatic rings. The number of imidazole rings is 1. The van der Waals surface area contributed by atoms with Gasteiger partial charge in [0.25, 0.3) is 10.0 Å². The summed E-state index contributed by atoms with van der Waals surface area (Å²) in [5, 5.41) is -0.00668. The minimum Gasteiger partial charge on any atom is -0.490 e. The van der Waals surface area contributed by atoms with Crippen LogP contribution in [0.2, 0.25) is 5.28 Å². The molecule has 0 bridgehead atoms. The predicted octanol–water partition coefficient (Wildman–Crippen LogP) is 3.55. The van der Waals surface area contributed by atoms with Crippen molar-refractivity contribution in [3.63, 3.8) is 0 Å². The van der Waals surface area contributed by atoms with E-state index in [4.69, 9.17) is 21.1 Å². The molecule has 0 aliphatic heterocycles. The zero-order valence-electron chi connectivity index (χ0n) is 16.2. The summed E-state index contributed by atoms with van der Waals surface area (Å²) in [6, 6.07) is 4.98. The van der Waals surface area contributed by atoms with Gasteiger partial charge in [0.05, 0.1) is 13.2 Å². The lowest BCUT2D eigenvalue weighted by Crippen LogP contribution is -2.32. The lowest BCUT2D eigenvalue weighted by Gasteiger charge is -2.23. The molecule has 0 amide bonds. The van der Waals surface area contributed by atoms with Crippen LogP contribution in [0.1, 0.15) is 39.3 Å². The smallest absolute Gasteiger partial charge is 0.260 e. The van der Waals surface area contributed by atoms with Gasteiger partial charge in [-0.3, -0.25) is 0 Å². The number of hydrogen-bond donors (Lipinski definition) is 1. The number of sulfonamides is 1. The summed E-state index contributed by atoms with van der Waals surface area (Å²) in [6.45, 7) is 8.65. The summed E-state index contributed by atoms with van der Waals surface area (Å²) in [5.74, 6) is 1.21. The maximum absolute atomic E-state index is 12.8. The van der Waals surface area contributed by atoms with Crippen molar-refractivity contribution >= 4 is 21.6 Å². The van der Waals surface area contributed by atoms with Crippen LogP contribution in [0.5, 0.6) is 11.5 Å². The Morgan fingerprint density at radius 2 is 1.81 bits per heavy atom. The first-order valence-electron chi connectivity index (χ1n) is 8.80. The van der Waals surface area contributed by atoms with Crippen LogP contribution in [0.3, 0.4) is 0 Å². The summed E-state index contributed by atoms with van der Waals surface area (Å²) in [4.78, 5) is 3.91. The Labute approximate surface area is 165 Å². The van der Waals surface area contributed by atoms with Crippen molar-refractivity contribution in [2.75, 3.05) is 13.2 Å². The van der Waals surface area contributed by atoms with Crippen LogP contribution in [-0.4, -0.2) is 31.2 Å². The van der Waals surface area contributed by atoms with E-state index in [9.17, 15) is 8.42 Å². The summed E-state index contributed by atoms with van der Waals surface area (Å²) < 4.78 is 40.9. The molecule has 1 atom stereocenters. The fourth-order valence-electron chi connectivity index (χ4n) is 2.62. The normalized spacial score (nSPS) is 13.0. The van der Waals surface area contributed by atoms with Crippen molar-refractivity contribution in [2.45, 2.75) is 38.8 Å². The SMILES string of the molecule is CCOc1ccc([C@H](NS(=O)(=O)c2cn(C)c(Cl)n2)C(C)C)cc1OCC. The van der Waals surface area contributed by atoms with Crippen LogP contribution in [0.4, 0.5) is 0 Å². The van der Waals surface area contributed by atoms with Crippen LogP contribution in [0.25, 0.3) is 0 Å². The van der Waals surface area contributed by atoms with E-state index in [2.05, 4.69) is 9.71 Å². The van der Waals surface area contributed by atoms with Gasteiger partial charge in [0.15, 0.2) is 16.5 Å². The molecule has 1 N–H and O–H groups in total. The Kier molecular flexibility index (Phi) is 7.13. The molecule has 9 heteroatoms. The number of hydrogen-bond acceptors (Lipinski definition) is 5. The number of nitrogens with one attached hydrogen (secondary N) is 1. The third kappa shape index (κ3) is 5.15. The Hall–Kier alpha value is -1.77. The quantitative estimate of drug-likeness (QED) is 0.677. The molecule has 150 valence electrons. The Morgan fingerprint density at radius 3 is 2.33 bits per heavy atom. The molecule has 0 saturated heterocycles. The summed E-state index contributed by atoms with van der Waals surface area (Å²) >= 11 is 5.88. The van der Waals surface area contributed by atoms with Gasteiger partial charge in [-0.25, -0.2) is 18.1 Å². The van der Waals surface area contributed by atoms with E-state index in [-0.39, 0.29) is 16.2 Å². The van der Waals surface area contributed by atoms with Gasteiger partial charge in [-0.15, -0.1) is 0 Å². The average Bonchev–Trinajstić information content (AvgIpc) is 2.95. The molecule has 0 unspecified atom stereocenters. The molecular weight excluding hydrogens is 390 g/mol. The van der Waals surface area contributed by atoms with E-state index in [1.165, 1.54) is 10.8 Å². The van der Waals surface area contributed by atoms with Crippen LogP contribution < -0.4 is 14.2 Å². The first-order valence-corrected chi connectivity index (χ1v) is 10.7. The van der Waals surface area contributed by atoms with E-state index < -0.39 is 16.1 Å². The van der Waals surface area contributed by atoms with E-state index in [1.54, 1.807) is 13.1 Å². The molecule has 2 aromatic rings. The highest BCUT2D eigenvalue weighted by molar-refractivity contribution is 7.89. The zero-order chi connectivity index (χ0) is 20.2. The highest BCUT2D eigenvalue weighted by Gasteiger charge is 2.27. The van der Waals surface area contributed by atoms with E-state index in [1.807, 2.05) is 39.8 Å². The largest absolute Gasteiger partial charge is 0.490 e. The second-order valence-electron chi connectivity index (χ2n) is 6.37. The standard InChI is InChI=1S/C18H26ClN3O4S/c1-6-25-14-9-8-13(10-15(14)26-7-2)17(12(3)4)21-27(23,24)16-11-22(5)18(19)20-16/h8-12,17,21H,6-7H2,1-5H3/t17-/m1/s1. The maximum atomic E-state index is 12.8. The molecule has 0 aliphatic carbocycles. The van der Waals surface area contributed by atoms with Crippen molar-refractivity contribution in [2.24, 2.45) is 13.0 Å². The topological polar surface area (TPSA) is 82.5 Å². The van der Waals surface area contributed by atoms with Gasteiger partial charge in [0, 0.05) is 19.3 Å². The molecule has 1 aromatic heterocycles. The van der Waals surface area contributed by atoms with Crippen molar-refractivity contribution in [1.29, 1.82) is 0 Å². The van der Waals surface area contributed by atoms with Gasteiger partial charge in [0.2, 0.25) is 5.28 Å². The van der Waals surface area contributed by atoms with Crippen molar-refractivity contribution < 1.29 is 17.9 Å². The minimum atomic E-state index is -3.84. The van der Waals surface area contributed by atoms with Crippen LogP contribution in [-0.2, 0) is 17.1 Å². The van der Waals surface area contributed by atoms with E-state index >= 15 is 0 Å². The monoisotopic (exact) mass is 415 g/mol. The average molecular weight is 416 g/mol. The van der Waals surface area contributed by atoms with Gasteiger partial charge < -0.3 is 14.0 Å². The van der Waals surface area contributed by atoms with Gasteiger partial charge in [-0.1, -0.05) is 19.9 Å². The van der Waals surface area contributed by atoms with Crippen LogP contribution in [0, 0.1) is 5.92 Å². The molecule has 7 nitrogen and oxygen atoms in total.